The summed E-state index contributed by atoms with van der Waals surface area (Å²) in [5.41, 5.74) is 3.60. The van der Waals surface area contributed by atoms with Crippen molar-refractivity contribution in [3.05, 3.63) is 35.5 Å². The molecule has 1 amide bonds. The van der Waals surface area contributed by atoms with Crippen molar-refractivity contribution in [2.24, 2.45) is 11.3 Å². The topological polar surface area (TPSA) is 34.0 Å². The zero-order chi connectivity index (χ0) is 17.4. The molecule has 0 spiro atoms. The van der Waals surface area contributed by atoms with E-state index in [1.54, 1.807) is 0 Å². The molecule has 3 saturated carbocycles. The van der Waals surface area contributed by atoms with Crippen LogP contribution in [-0.2, 0) is 6.54 Å². The third kappa shape index (κ3) is 2.98. The van der Waals surface area contributed by atoms with Crippen LogP contribution in [-0.4, -0.2) is 17.0 Å². The minimum Gasteiger partial charge on any atom is -0.351 e. The number of hydrogen-bond donors (Lipinski definition) is 1. The first-order valence-electron chi connectivity index (χ1n) is 9.98. The van der Waals surface area contributed by atoms with Crippen molar-refractivity contribution in [2.45, 2.75) is 65.3 Å². The fourth-order valence-electron chi connectivity index (χ4n) is 5.10. The van der Waals surface area contributed by atoms with Crippen LogP contribution in [0.15, 0.2) is 24.4 Å². The molecule has 25 heavy (non-hydrogen) atoms. The number of amides is 1. The lowest BCUT2D eigenvalue weighted by molar-refractivity contribution is 0.0598. The minimum atomic E-state index is 0.108. The predicted octanol–water partition coefficient (Wildman–Crippen LogP) is 5.06. The smallest absolute Gasteiger partial charge is 0.253 e. The van der Waals surface area contributed by atoms with Gasteiger partial charge in [-0.3, -0.25) is 4.79 Å². The van der Waals surface area contributed by atoms with Crippen LogP contribution in [0.1, 0.15) is 67.8 Å². The number of aryl methyl sites for hydroxylation is 2. The summed E-state index contributed by atoms with van der Waals surface area (Å²) < 4.78 is 2.24. The quantitative estimate of drug-likeness (QED) is 0.812. The van der Waals surface area contributed by atoms with Gasteiger partial charge < -0.3 is 9.88 Å². The summed E-state index contributed by atoms with van der Waals surface area (Å²) in [6, 6.07) is 6.33. The highest BCUT2D eigenvalue weighted by Crippen LogP contribution is 2.49. The van der Waals surface area contributed by atoms with Crippen LogP contribution < -0.4 is 5.32 Å². The van der Waals surface area contributed by atoms with Crippen LogP contribution >= 0.6 is 0 Å². The molecule has 3 heteroatoms. The molecule has 2 aromatic rings. The highest BCUT2D eigenvalue weighted by atomic mass is 16.1. The molecule has 1 heterocycles. The summed E-state index contributed by atoms with van der Waals surface area (Å²) in [6.45, 7) is 6.10. The maximum Gasteiger partial charge on any atom is 0.253 e. The monoisotopic (exact) mass is 338 g/mol. The lowest BCUT2D eigenvalue weighted by Crippen LogP contribution is -2.43. The van der Waals surface area contributed by atoms with Gasteiger partial charge in [0.1, 0.15) is 0 Å². The third-order valence-corrected chi connectivity index (χ3v) is 6.70. The molecule has 1 aromatic carbocycles. The number of aromatic nitrogens is 1. The van der Waals surface area contributed by atoms with E-state index in [1.807, 2.05) is 0 Å². The molecule has 0 atom stereocenters. The van der Waals surface area contributed by atoms with E-state index in [1.165, 1.54) is 49.6 Å². The number of rotatable bonds is 5. The van der Waals surface area contributed by atoms with Gasteiger partial charge in [0.15, 0.2) is 0 Å². The molecule has 1 N–H and O–H groups in total. The van der Waals surface area contributed by atoms with Crippen molar-refractivity contribution in [2.75, 3.05) is 6.54 Å². The van der Waals surface area contributed by atoms with Crippen molar-refractivity contribution in [1.29, 1.82) is 0 Å². The third-order valence-electron chi connectivity index (χ3n) is 6.70. The van der Waals surface area contributed by atoms with Crippen molar-refractivity contribution in [1.82, 2.24) is 9.88 Å². The average molecular weight is 338 g/mol. The molecule has 0 unspecified atom stereocenters. The number of nitrogens with one attached hydrogen (secondary N) is 1. The number of hydrogen-bond acceptors (Lipinski definition) is 1. The van der Waals surface area contributed by atoms with Gasteiger partial charge in [-0.05, 0) is 74.8 Å². The van der Waals surface area contributed by atoms with E-state index in [0.29, 0.717) is 5.41 Å². The van der Waals surface area contributed by atoms with E-state index in [2.05, 4.69) is 48.1 Å². The molecule has 3 aliphatic carbocycles. The van der Waals surface area contributed by atoms with Gasteiger partial charge in [0.2, 0.25) is 0 Å². The van der Waals surface area contributed by atoms with Crippen molar-refractivity contribution in [3.8, 4) is 0 Å². The van der Waals surface area contributed by atoms with Crippen molar-refractivity contribution >= 4 is 16.8 Å². The van der Waals surface area contributed by atoms with Gasteiger partial charge >= 0.3 is 0 Å². The average Bonchev–Trinajstić information content (AvgIpc) is 3.02. The molecule has 5 rings (SSSR count). The molecule has 3 nitrogen and oxygen atoms in total. The van der Waals surface area contributed by atoms with Gasteiger partial charge in [-0.1, -0.05) is 19.1 Å². The second-order valence-electron chi connectivity index (χ2n) is 8.37. The normalized spacial score (nSPS) is 25.4. The largest absolute Gasteiger partial charge is 0.351 e. The van der Waals surface area contributed by atoms with Crippen LogP contribution in [0.25, 0.3) is 10.9 Å². The summed E-state index contributed by atoms with van der Waals surface area (Å²) in [5.74, 6) is 1.07. The maximum absolute atomic E-state index is 13.0. The first kappa shape index (κ1) is 16.7. The first-order chi connectivity index (χ1) is 12.1. The number of carbonyl (C=O) groups excluding carboxylic acids is 1. The van der Waals surface area contributed by atoms with Crippen LogP contribution in [0.4, 0.5) is 0 Å². The molecule has 134 valence electrons. The molecular weight excluding hydrogens is 308 g/mol. The minimum absolute atomic E-state index is 0.108. The zero-order valence-corrected chi connectivity index (χ0v) is 15.6. The van der Waals surface area contributed by atoms with Gasteiger partial charge in [0.25, 0.3) is 5.91 Å². The summed E-state index contributed by atoms with van der Waals surface area (Å²) in [7, 11) is 0. The van der Waals surface area contributed by atoms with Crippen LogP contribution in [0.2, 0.25) is 0 Å². The standard InChI is InChI=1S/C22H30N2O/c1-3-13-24-14-18(20-16(2)5-4-6-19(20)24)21(25)23-15-22-10-7-17(8-11-22)9-12-22/h4-6,14,17H,3,7-13,15H2,1-2H3,(H,23,25). The van der Waals surface area contributed by atoms with Crippen molar-refractivity contribution < 1.29 is 4.79 Å². The Morgan fingerprint density at radius 1 is 1.24 bits per heavy atom. The zero-order valence-electron chi connectivity index (χ0n) is 15.6. The van der Waals surface area contributed by atoms with E-state index in [4.69, 9.17) is 0 Å². The number of nitrogens with zero attached hydrogens (tertiary/aromatic N) is 1. The Labute approximate surface area is 150 Å². The number of fused-ring (bicyclic) bond motifs is 4. The van der Waals surface area contributed by atoms with Gasteiger partial charge in [-0.25, -0.2) is 0 Å². The SMILES string of the molecule is CCCn1cc(C(=O)NCC23CCC(CC2)CC3)c2c(C)cccc21. The molecule has 0 saturated heterocycles. The van der Waals surface area contributed by atoms with Crippen LogP contribution in [0, 0.1) is 18.3 Å². The summed E-state index contributed by atoms with van der Waals surface area (Å²) in [4.78, 5) is 13.0. The molecule has 3 fully saturated rings. The Bertz CT molecular complexity index is 767. The highest BCUT2D eigenvalue weighted by Gasteiger charge is 2.40. The number of carbonyl (C=O) groups is 1. The van der Waals surface area contributed by atoms with E-state index in [9.17, 15) is 4.79 Å². The van der Waals surface area contributed by atoms with Crippen LogP contribution in [0.3, 0.4) is 0 Å². The van der Waals surface area contributed by atoms with E-state index < -0.39 is 0 Å². The molecule has 3 aliphatic rings. The van der Waals surface area contributed by atoms with Gasteiger partial charge in [-0.15, -0.1) is 0 Å². The molecule has 0 aliphatic heterocycles. The lowest BCUT2D eigenvalue weighted by atomic mass is 9.61. The summed E-state index contributed by atoms with van der Waals surface area (Å²) >= 11 is 0. The van der Waals surface area contributed by atoms with Gasteiger partial charge in [0.05, 0.1) is 5.56 Å². The van der Waals surface area contributed by atoms with Gasteiger partial charge in [0, 0.05) is 30.2 Å². The Morgan fingerprint density at radius 3 is 2.64 bits per heavy atom. The Hall–Kier alpha value is -1.77. The molecule has 2 bridgehead atoms. The molecular formula is C22H30N2O. The predicted molar refractivity (Wildman–Crippen MR) is 103 cm³/mol. The fourth-order valence-corrected chi connectivity index (χ4v) is 5.10. The summed E-state index contributed by atoms with van der Waals surface area (Å²) in [5, 5.41) is 4.43. The Morgan fingerprint density at radius 2 is 1.96 bits per heavy atom. The van der Waals surface area contributed by atoms with E-state index in [-0.39, 0.29) is 5.91 Å². The van der Waals surface area contributed by atoms with Crippen LogP contribution in [0.5, 0.6) is 0 Å². The second-order valence-corrected chi connectivity index (χ2v) is 8.37. The lowest BCUT2D eigenvalue weighted by Gasteiger charge is -2.46. The fraction of sp³-hybridized carbons (Fsp3) is 0.591. The molecule has 0 radical (unpaired) electrons. The van der Waals surface area contributed by atoms with Crippen molar-refractivity contribution in [3.63, 3.8) is 0 Å². The molecule has 1 aromatic heterocycles. The summed E-state index contributed by atoms with van der Waals surface area (Å²) in [6.07, 6.45) is 11.1. The highest BCUT2D eigenvalue weighted by molar-refractivity contribution is 6.08. The van der Waals surface area contributed by atoms with E-state index in [0.717, 1.165) is 36.4 Å². The Kier molecular flexibility index (Phi) is 4.35. The number of benzene rings is 1. The van der Waals surface area contributed by atoms with E-state index >= 15 is 0 Å². The maximum atomic E-state index is 13.0. The Balaban J connectivity index is 1.57. The van der Waals surface area contributed by atoms with Gasteiger partial charge in [-0.2, -0.15) is 0 Å². The second kappa shape index (κ2) is 6.51. The first-order valence-corrected chi connectivity index (χ1v) is 9.98.